The van der Waals surface area contributed by atoms with Crippen molar-refractivity contribution < 1.29 is 13.2 Å². The minimum Gasteiger partial charge on any atom is -0.366 e. The molecule has 0 spiro atoms. The molecule has 0 aliphatic carbocycles. The summed E-state index contributed by atoms with van der Waals surface area (Å²) in [7, 11) is -2.35. The van der Waals surface area contributed by atoms with Crippen LogP contribution in [0.4, 0.5) is 0 Å². The van der Waals surface area contributed by atoms with Crippen molar-refractivity contribution >= 4 is 15.9 Å². The van der Waals surface area contributed by atoms with Gasteiger partial charge in [0.15, 0.2) is 0 Å². The second-order valence-electron chi connectivity index (χ2n) is 2.57. The minimum absolute atomic E-state index is 0.0122. The summed E-state index contributed by atoms with van der Waals surface area (Å²) < 4.78 is 24.9. The summed E-state index contributed by atoms with van der Waals surface area (Å²) in [5, 5.41) is 0. The molecule has 0 aromatic heterocycles. The molecule has 0 bridgehead atoms. The van der Waals surface area contributed by atoms with Crippen molar-refractivity contribution in [2.45, 2.75) is 4.90 Å². The number of nitrogens with one attached hydrogen (secondary N) is 1. The van der Waals surface area contributed by atoms with E-state index >= 15 is 0 Å². The van der Waals surface area contributed by atoms with Crippen LogP contribution in [-0.2, 0) is 10.0 Å². The van der Waals surface area contributed by atoms with Gasteiger partial charge in [-0.15, -0.1) is 0 Å². The highest BCUT2D eigenvalue weighted by Crippen LogP contribution is 2.13. The number of primary amides is 1. The molecule has 14 heavy (non-hydrogen) atoms. The molecule has 0 radical (unpaired) electrons. The fourth-order valence-electron chi connectivity index (χ4n) is 1.01. The Morgan fingerprint density at radius 2 is 1.93 bits per heavy atom. The van der Waals surface area contributed by atoms with Crippen LogP contribution in [-0.4, -0.2) is 21.4 Å². The Morgan fingerprint density at radius 3 is 2.43 bits per heavy atom. The van der Waals surface area contributed by atoms with Crippen molar-refractivity contribution in [1.82, 2.24) is 4.72 Å². The van der Waals surface area contributed by atoms with Crippen LogP contribution in [0.25, 0.3) is 0 Å². The van der Waals surface area contributed by atoms with Crippen LogP contribution in [0.15, 0.2) is 29.2 Å². The van der Waals surface area contributed by atoms with E-state index in [1.165, 1.54) is 25.2 Å². The predicted octanol–water partition coefficient (Wildman–Crippen LogP) is -0.306. The lowest BCUT2D eigenvalue weighted by Crippen LogP contribution is -2.23. The highest BCUT2D eigenvalue weighted by molar-refractivity contribution is 7.89. The maximum atomic E-state index is 11.4. The van der Waals surface area contributed by atoms with Crippen LogP contribution in [0.1, 0.15) is 10.4 Å². The molecule has 1 aromatic carbocycles. The van der Waals surface area contributed by atoms with E-state index in [-0.39, 0.29) is 10.5 Å². The van der Waals surface area contributed by atoms with Gasteiger partial charge in [0.2, 0.25) is 15.9 Å². The summed E-state index contributed by atoms with van der Waals surface area (Å²) in [6.07, 6.45) is 0. The molecule has 3 N–H and O–H groups in total. The van der Waals surface area contributed by atoms with Gasteiger partial charge in [-0.2, -0.15) is 0 Å². The van der Waals surface area contributed by atoms with Gasteiger partial charge in [0, 0.05) is 0 Å². The van der Waals surface area contributed by atoms with E-state index in [1.807, 2.05) is 0 Å². The fraction of sp³-hybridized carbons (Fsp3) is 0.125. The van der Waals surface area contributed by atoms with Crippen LogP contribution in [0.3, 0.4) is 0 Å². The van der Waals surface area contributed by atoms with Crippen molar-refractivity contribution in [3.8, 4) is 0 Å². The molecule has 5 nitrogen and oxygen atoms in total. The Labute approximate surface area is 82.0 Å². The Hall–Kier alpha value is -1.40. The zero-order chi connectivity index (χ0) is 10.8. The second kappa shape index (κ2) is 3.77. The van der Waals surface area contributed by atoms with Crippen LogP contribution >= 0.6 is 0 Å². The van der Waals surface area contributed by atoms with E-state index in [4.69, 9.17) is 5.73 Å². The molecule has 0 aliphatic rings. The molecule has 0 heterocycles. The Balaban J connectivity index is 3.42. The number of hydrogen-bond donors (Lipinski definition) is 2. The van der Waals surface area contributed by atoms with Gasteiger partial charge in [0.1, 0.15) is 0 Å². The molecular weight excluding hydrogens is 204 g/mol. The van der Waals surface area contributed by atoms with Crippen LogP contribution in [0.2, 0.25) is 0 Å². The average molecular weight is 214 g/mol. The molecule has 0 fully saturated rings. The smallest absolute Gasteiger partial charge is 0.250 e. The maximum absolute atomic E-state index is 11.4. The van der Waals surface area contributed by atoms with Crippen LogP contribution in [0, 0.1) is 0 Å². The number of hydrogen-bond acceptors (Lipinski definition) is 3. The average Bonchev–Trinajstić information content (AvgIpc) is 2.18. The summed E-state index contributed by atoms with van der Waals surface area (Å²) in [5.41, 5.74) is 5.02. The van der Waals surface area contributed by atoms with Crippen molar-refractivity contribution in [3.05, 3.63) is 29.8 Å². The van der Waals surface area contributed by atoms with E-state index in [0.717, 1.165) is 0 Å². The number of carbonyl (C=O) groups is 1. The fourth-order valence-corrected chi connectivity index (χ4v) is 1.95. The van der Waals surface area contributed by atoms with Gasteiger partial charge in [-0.1, -0.05) is 12.1 Å². The lowest BCUT2D eigenvalue weighted by atomic mass is 10.2. The summed E-state index contributed by atoms with van der Waals surface area (Å²) in [6, 6.07) is 5.77. The maximum Gasteiger partial charge on any atom is 0.250 e. The van der Waals surface area contributed by atoms with Gasteiger partial charge in [-0.25, -0.2) is 13.1 Å². The lowest BCUT2D eigenvalue weighted by molar-refractivity contribution is 0.0997. The number of carbonyl (C=O) groups excluding carboxylic acids is 1. The first kappa shape index (κ1) is 10.7. The van der Waals surface area contributed by atoms with Gasteiger partial charge in [-0.05, 0) is 19.2 Å². The normalized spacial score (nSPS) is 11.2. The first-order valence-corrected chi connectivity index (χ1v) is 5.29. The van der Waals surface area contributed by atoms with Crippen molar-refractivity contribution in [2.75, 3.05) is 7.05 Å². The van der Waals surface area contributed by atoms with Crippen molar-refractivity contribution in [1.29, 1.82) is 0 Å². The SMILES string of the molecule is CNS(=O)(=O)c1ccccc1C(N)=O. The first-order chi connectivity index (χ1) is 6.49. The Morgan fingerprint density at radius 1 is 1.36 bits per heavy atom. The highest BCUT2D eigenvalue weighted by atomic mass is 32.2. The monoisotopic (exact) mass is 214 g/mol. The molecule has 0 unspecified atom stereocenters. The number of benzene rings is 1. The van der Waals surface area contributed by atoms with E-state index in [9.17, 15) is 13.2 Å². The van der Waals surface area contributed by atoms with Gasteiger partial charge in [0.25, 0.3) is 0 Å². The molecular formula is C8H10N2O3S. The molecule has 6 heteroatoms. The quantitative estimate of drug-likeness (QED) is 0.723. The molecule has 0 saturated carbocycles. The highest BCUT2D eigenvalue weighted by Gasteiger charge is 2.18. The Kier molecular flexibility index (Phi) is 2.87. The molecule has 76 valence electrons. The zero-order valence-electron chi connectivity index (χ0n) is 7.52. The topological polar surface area (TPSA) is 89.3 Å². The van der Waals surface area contributed by atoms with E-state index in [2.05, 4.69) is 4.72 Å². The van der Waals surface area contributed by atoms with Gasteiger partial charge < -0.3 is 5.73 Å². The van der Waals surface area contributed by atoms with Crippen molar-refractivity contribution in [2.24, 2.45) is 5.73 Å². The zero-order valence-corrected chi connectivity index (χ0v) is 8.34. The minimum atomic E-state index is -3.62. The van der Waals surface area contributed by atoms with Crippen molar-refractivity contribution in [3.63, 3.8) is 0 Å². The van der Waals surface area contributed by atoms with Gasteiger partial charge >= 0.3 is 0 Å². The van der Waals surface area contributed by atoms with Gasteiger partial charge in [-0.3, -0.25) is 4.79 Å². The lowest BCUT2D eigenvalue weighted by Gasteiger charge is -2.05. The number of nitrogens with two attached hydrogens (primary N) is 1. The number of amides is 1. The summed E-state index contributed by atoms with van der Waals surface area (Å²) in [5.74, 6) is -0.764. The van der Waals surface area contributed by atoms with Crippen LogP contribution < -0.4 is 10.5 Å². The summed E-state index contributed by atoms with van der Waals surface area (Å²) in [6.45, 7) is 0. The largest absolute Gasteiger partial charge is 0.366 e. The van der Waals surface area contributed by atoms with E-state index in [1.54, 1.807) is 6.07 Å². The molecule has 0 saturated heterocycles. The number of sulfonamides is 1. The first-order valence-electron chi connectivity index (χ1n) is 3.81. The predicted molar refractivity (Wildman–Crippen MR) is 51.2 cm³/mol. The number of rotatable bonds is 3. The molecule has 0 aliphatic heterocycles. The second-order valence-corrected chi connectivity index (χ2v) is 4.42. The third-order valence-corrected chi connectivity index (χ3v) is 3.18. The third kappa shape index (κ3) is 1.91. The third-order valence-electron chi connectivity index (χ3n) is 1.71. The molecule has 1 amide bonds. The standard InChI is InChI=1S/C8H10N2O3S/c1-10-14(12,13)7-5-3-2-4-6(7)8(9)11/h2-5,10H,1H3,(H2,9,11). The summed E-state index contributed by atoms with van der Waals surface area (Å²) >= 11 is 0. The molecule has 1 aromatic rings. The van der Waals surface area contributed by atoms with E-state index in [0.29, 0.717) is 0 Å². The Bertz CT molecular complexity index is 453. The van der Waals surface area contributed by atoms with Gasteiger partial charge in [0.05, 0.1) is 10.5 Å². The molecule has 0 atom stereocenters. The summed E-state index contributed by atoms with van der Waals surface area (Å²) in [4.78, 5) is 10.8. The van der Waals surface area contributed by atoms with Crippen LogP contribution in [0.5, 0.6) is 0 Å². The molecule has 1 rings (SSSR count). The van der Waals surface area contributed by atoms with E-state index < -0.39 is 15.9 Å².